The van der Waals surface area contributed by atoms with Gasteiger partial charge in [0.2, 0.25) is 5.91 Å². The van der Waals surface area contributed by atoms with Gasteiger partial charge in [0.15, 0.2) is 0 Å². The van der Waals surface area contributed by atoms with Crippen molar-refractivity contribution in [3.05, 3.63) is 0 Å². The standard InChI is InChI=1S/C9H18N4O2S/c1-2-3-6(7(10)16)8(14)12-4-5-13-9(11)15/h6H,2-5H2,1H3,(H2,10,16)(H,12,14)(H3,11,13,15). The van der Waals surface area contributed by atoms with Gasteiger partial charge in [-0.25, -0.2) is 4.79 Å². The van der Waals surface area contributed by atoms with Crippen LogP contribution < -0.4 is 22.1 Å². The van der Waals surface area contributed by atoms with Crippen LogP contribution in [-0.2, 0) is 4.79 Å². The minimum absolute atomic E-state index is 0.196. The van der Waals surface area contributed by atoms with Crippen molar-refractivity contribution in [2.24, 2.45) is 17.4 Å². The fourth-order valence-electron chi connectivity index (χ4n) is 1.19. The van der Waals surface area contributed by atoms with Gasteiger partial charge in [0, 0.05) is 13.1 Å². The lowest BCUT2D eigenvalue weighted by molar-refractivity contribution is -0.123. The first-order valence-electron chi connectivity index (χ1n) is 5.09. The zero-order chi connectivity index (χ0) is 12.6. The first-order chi connectivity index (χ1) is 7.49. The summed E-state index contributed by atoms with van der Waals surface area (Å²) in [5.74, 6) is -0.644. The van der Waals surface area contributed by atoms with E-state index in [2.05, 4.69) is 10.6 Å². The number of thiocarbonyl (C=S) groups is 1. The second-order valence-electron chi connectivity index (χ2n) is 3.33. The van der Waals surface area contributed by atoms with E-state index >= 15 is 0 Å². The molecule has 0 saturated heterocycles. The van der Waals surface area contributed by atoms with Crippen molar-refractivity contribution < 1.29 is 9.59 Å². The van der Waals surface area contributed by atoms with Crippen LogP contribution in [0.25, 0.3) is 0 Å². The molecule has 0 fully saturated rings. The largest absolute Gasteiger partial charge is 0.393 e. The summed E-state index contributed by atoms with van der Waals surface area (Å²) in [6.07, 6.45) is 1.46. The molecule has 1 atom stereocenters. The average molecular weight is 246 g/mol. The Morgan fingerprint density at radius 2 is 1.81 bits per heavy atom. The predicted molar refractivity (Wildman–Crippen MR) is 65.8 cm³/mol. The van der Waals surface area contributed by atoms with Crippen molar-refractivity contribution in [1.29, 1.82) is 0 Å². The van der Waals surface area contributed by atoms with Gasteiger partial charge >= 0.3 is 6.03 Å². The summed E-state index contributed by atoms with van der Waals surface area (Å²) in [5.41, 5.74) is 10.3. The molecule has 0 radical (unpaired) electrons. The smallest absolute Gasteiger partial charge is 0.312 e. The van der Waals surface area contributed by atoms with Crippen molar-refractivity contribution in [2.75, 3.05) is 13.1 Å². The summed E-state index contributed by atoms with van der Waals surface area (Å²) in [6.45, 7) is 2.55. The highest BCUT2D eigenvalue weighted by atomic mass is 32.1. The average Bonchev–Trinajstić information content (AvgIpc) is 2.19. The second kappa shape index (κ2) is 7.86. The SMILES string of the molecule is CCCC(C(=O)NCCNC(N)=O)C(N)=S. The van der Waals surface area contributed by atoms with E-state index in [9.17, 15) is 9.59 Å². The number of nitrogens with one attached hydrogen (secondary N) is 2. The Bertz CT molecular complexity index is 270. The quantitative estimate of drug-likeness (QED) is 0.357. The van der Waals surface area contributed by atoms with Crippen molar-refractivity contribution >= 4 is 29.1 Å². The lowest BCUT2D eigenvalue weighted by atomic mass is 10.0. The number of nitrogens with two attached hydrogens (primary N) is 2. The van der Waals surface area contributed by atoms with Crippen molar-refractivity contribution in [3.63, 3.8) is 0 Å². The first-order valence-corrected chi connectivity index (χ1v) is 5.50. The molecule has 0 aromatic rings. The Morgan fingerprint density at radius 1 is 1.25 bits per heavy atom. The third-order valence-electron chi connectivity index (χ3n) is 1.96. The zero-order valence-corrected chi connectivity index (χ0v) is 10.1. The third kappa shape index (κ3) is 6.18. The maximum absolute atomic E-state index is 11.6. The molecule has 0 aliphatic carbocycles. The Hall–Kier alpha value is -1.37. The molecule has 0 aliphatic rings. The van der Waals surface area contributed by atoms with E-state index in [1.165, 1.54) is 0 Å². The second-order valence-corrected chi connectivity index (χ2v) is 3.80. The van der Waals surface area contributed by atoms with E-state index in [0.717, 1.165) is 6.42 Å². The molecule has 16 heavy (non-hydrogen) atoms. The summed E-state index contributed by atoms with van der Waals surface area (Å²) in [4.78, 5) is 22.1. The van der Waals surface area contributed by atoms with E-state index in [4.69, 9.17) is 23.7 Å². The summed E-state index contributed by atoms with van der Waals surface area (Å²) in [5, 5.41) is 4.99. The monoisotopic (exact) mass is 246 g/mol. The molecule has 7 heteroatoms. The zero-order valence-electron chi connectivity index (χ0n) is 9.29. The molecule has 0 heterocycles. The van der Waals surface area contributed by atoms with Gasteiger partial charge in [0.05, 0.1) is 10.9 Å². The summed E-state index contributed by atoms with van der Waals surface area (Å²) in [7, 11) is 0. The van der Waals surface area contributed by atoms with Crippen molar-refractivity contribution in [2.45, 2.75) is 19.8 Å². The number of carbonyl (C=O) groups excluding carboxylic acids is 2. The van der Waals surface area contributed by atoms with Gasteiger partial charge in [0.25, 0.3) is 0 Å². The van der Waals surface area contributed by atoms with Crippen LogP contribution in [0.1, 0.15) is 19.8 Å². The lowest BCUT2D eigenvalue weighted by Crippen LogP contribution is -2.42. The minimum atomic E-state index is -0.617. The van der Waals surface area contributed by atoms with Crippen LogP contribution in [0.3, 0.4) is 0 Å². The number of rotatable bonds is 7. The normalized spacial score (nSPS) is 11.6. The number of amides is 3. The van der Waals surface area contributed by atoms with Crippen LogP contribution in [0.4, 0.5) is 4.79 Å². The maximum atomic E-state index is 11.6. The molecule has 0 rings (SSSR count). The molecule has 1 unspecified atom stereocenters. The molecule has 0 aliphatic heterocycles. The number of urea groups is 1. The van der Waals surface area contributed by atoms with Crippen molar-refractivity contribution in [3.8, 4) is 0 Å². The highest BCUT2D eigenvalue weighted by Crippen LogP contribution is 2.06. The van der Waals surface area contributed by atoms with Crippen molar-refractivity contribution in [1.82, 2.24) is 10.6 Å². The summed E-state index contributed by atoms with van der Waals surface area (Å²) < 4.78 is 0. The van der Waals surface area contributed by atoms with Crippen LogP contribution in [0, 0.1) is 5.92 Å². The molecular weight excluding hydrogens is 228 g/mol. The molecule has 6 N–H and O–H groups in total. The molecule has 92 valence electrons. The topological polar surface area (TPSA) is 110 Å². The van der Waals surface area contributed by atoms with Crippen LogP contribution in [0.2, 0.25) is 0 Å². The Morgan fingerprint density at radius 3 is 2.25 bits per heavy atom. The molecule has 0 spiro atoms. The van der Waals surface area contributed by atoms with Gasteiger partial charge in [-0.15, -0.1) is 0 Å². The molecule has 3 amide bonds. The van der Waals surface area contributed by atoms with E-state index in [1.807, 2.05) is 6.92 Å². The summed E-state index contributed by atoms with van der Waals surface area (Å²) >= 11 is 4.81. The highest BCUT2D eigenvalue weighted by Gasteiger charge is 2.19. The van der Waals surface area contributed by atoms with Gasteiger partial charge < -0.3 is 22.1 Å². The third-order valence-corrected chi connectivity index (χ3v) is 2.25. The molecular formula is C9H18N4O2S. The maximum Gasteiger partial charge on any atom is 0.312 e. The van der Waals surface area contributed by atoms with E-state index in [1.54, 1.807) is 0 Å². The van der Waals surface area contributed by atoms with Crippen LogP contribution in [0.5, 0.6) is 0 Å². The van der Waals surface area contributed by atoms with Gasteiger partial charge in [-0.1, -0.05) is 25.6 Å². The fourth-order valence-corrected chi connectivity index (χ4v) is 1.41. The molecule has 0 aromatic carbocycles. The van der Waals surface area contributed by atoms with Crippen LogP contribution >= 0.6 is 12.2 Å². The number of primary amides is 1. The van der Waals surface area contributed by atoms with Gasteiger partial charge in [-0.2, -0.15) is 0 Å². The number of hydrogen-bond donors (Lipinski definition) is 4. The molecule has 0 bridgehead atoms. The fraction of sp³-hybridized carbons (Fsp3) is 0.667. The molecule has 0 saturated carbocycles. The highest BCUT2D eigenvalue weighted by molar-refractivity contribution is 7.80. The Balaban J connectivity index is 3.92. The van der Waals surface area contributed by atoms with Gasteiger partial charge in [-0.3, -0.25) is 4.79 Å². The predicted octanol–water partition coefficient (Wildman–Crippen LogP) is -0.527. The van der Waals surface area contributed by atoms with E-state index < -0.39 is 11.9 Å². The minimum Gasteiger partial charge on any atom is -0.393 e. The number of carbonyl (C=O) groups is 2. The Labute approximate surface area is 100 Å². The van der Waals surface area contributed by atoms with Gasteiger partial charge in [0.1, 0.15) is 0 Å². The number of hydrogen-bond acceptors (Lipinski definition) is 3. The van der Waals surface area contributed by atoms with Gasteiger partial charge in [-0.05, 0) is 6.42 Å². The van der Waals surface area contributed by atoms with Crippen LogP contribution in [0.15, 0.2) is 0 Å². The first kappa shape index (κ1) is 14.6. The Kier molecular flexibility index (Phi) is 7.19. The van der Waals surface area contributed by atoms with E-state index in [0.29, 0.717) is 13.0 Å². The summed E-state index contributed by atoms with van der Waals surface area (Å²) in [6, 6.07) is -0.617. The van der Waals surface area contributed by atoms with E-state index in [-0.39, 0.29) is 17.4 Å². The molecule has 6 nitrogen and oxygen atoms in total. The molecule has 0 aromatic heterocycles. The lowest BCUT2D eigenvalue weighted by Gasteiger charge is -2.14. The van der Waals surface area contributed by atoms with Crippen LogP contribution in [-0.4, -0.2) is 30.0 Å².